The number of rotatable bonds is 6. The summed E-state index contributed by atoms with van der Waals surface area (Å²) in [5.41, 5.74) is 2.57. The number of nitrogens with zero attached hydrogens (tertiary/aromatic N) is 1. The number of benzene rings is 1. The first-order valence-electron chi connectivity index (χ1n) is 6.22. The fraction of sp³-hybridized carbons (Fsp3) is 0.571. The molecule has 2 nitrogen and oxygen atoms in total. The summed E-state index contributed by atoms with van der Waals surface area (Å²) in [6, 6.07) is 6.57. The number of anilines is 1. The first-order chi connectivity index (χ1) is 8.08. The highest BCUT2D eigenvalue weighted by Crippen LogP contribution is 2.27. The largest absolute Gasteiger partial charge is 0.373 e. The lowest BCUT2D eigenvalue weighted by Gasteiger charge is -2.24. The van der Waals surface area contributed by atoms with E-state index in [0.717, 1.165) is 19.0 Å². The molecule has 1 aromatic rings. The molecule has 1 unspecified atom stereocenters. The van der Waals surface area contributed by atoms with E-state index in [1.165, 1.54) is 22.1 Å². The average Bonchev–Trinajstić information content (AvgIpc) is 2.29. The molecule has 0 aliphatic heterocycles. The number of hydrogen-bond donors (Lipinski definition) is 1. The predicted octanol–water partition coefficient (Wildman–Crippen LogP) is 3.65. The van der Waals surface area contributed by atoms with Crippen molar-refractivity contribution in [2.24, 2.45) is 5.92 Å². The van der Waals surface area contributed by atoms with Gasteiger partial charge in [0.15, 0.2) is 0 Å². The summed E-state index contributed by atoms with van der Waals surface area (Å²) in [7, 11) is 4.13. The maximum absolute atomic E-state index is 3.66. The van der Waals surface area contributed by atoms with Gasteiger partial charge in [-0.2, -0.15) is 0 Å². The van der Waals surface area contributed by atoms with Crippen LogP contribution in [0.25, 0.3) is 0 Å². The topological polar surface area (TPSA) is 15.3 Å². The molecule has 96 valence electrons. The first kappa shape index (κ1) is 14.5. The smallest absolute Gasteiger partial charge is 0.0508 e. The van der Waals surface area contributed by atoms with Crippen LogP contribution in [0.4, 0.5) is 5.69 Å². The molecule has 0 aromatic heterocycles. The summed E-state index contributed by atoms with van der Waals surface area (Å²) in [5, 5.41) is 3.17. The molecule has 0 fully saturated rings. The quantitative estimate of drug-likeness (QED) is 0.862. The van der Waals surface area contributed by atoms with Crippen molar-refractivity contribution < 1.29 is 0 Å². The fourth-order valence-electron chi connectivity index (χ4n) is 1.87. The summed E-state index contributed by atoms with van der Waals surface area (Å²) in [6.07, 6.45) is 1.22. The lowest BCUT2D eigenvalue weighted by molar-refractivity contribution is 0.559. The van der Waals surface area contributed by atoms with Crippen LogP contribution in [-0.2, 0) is 6.54 Å². The third-order valence-corrected chi connectivity index (χ3v) is 3.72. The van der Waals surface area contributed by atoms with Crippen molar-refractivity contribution in [1.82, 2.24) is 5.32 Å². The van der Waals surface area contributed by atoms with Crippen molar-refractivity contribution in [3.8, 4) is 0 Å². The molecule has 0 bridgehead atoms. The molecule has 0 radical (unpaired) electrons. The van der Waals surface area contributed by atoms with Gasteiger partial charge < -0.3 is 10.2 Å². The van der Waals surface area contributed by atoms with Crippen LogP contribution in [0.15, 0.2) is 22.7 Å². The second-order valence-electron chi connectivity index (χ2n) is 4.71. The van der Waals surface area contributed by atoms with Crippen molar-refractivity contribution in [3.05, 3.63) is 28.2 Å². The van der Waals surface area contributed by atoms with Gasteiger partial charge in [-0.3, -0.25) is 0 Å². The Morgan fingerprint density at radius 1 is 1.41 bits per heavy atom. The van der Waals surface area contributed by atoms with Gasteiger partial charge in [0.25, 0.3) is 0 Å². The van der Waals surface area contributed by atoms with E-state index in [4.69, 9.17) is 0 Å². The Morgan fingerprint density at radius 3 is 2.65 bits per heavy atom. The Labute approximate surface area is 114 Å². The second-order valence-corrected chi connectivity index (χ2v) is 5.56. The van der Waals surface area contributed by atoms with Gasteiger partial charge in [-0.15, -0.1) is 0 Å². The molecule has 0 aliphatic rings. The van der Waals surface area contributed by atoms with Crippen LogP contribution in [-0.4, -0.2) is 20.6 Å². The highest BCUT2D eigenvalue weighted by molar-refractivity contribution is 9.10. The van der Waals surface area contributed by atoms with E-state index in [1.807, 2.05) is 7.05 Å². The molecule has 0 aliphatic carbocycles. The lowest BCUT2D eigenvalue weighted by Crippen LogP contribution is -2.24. The Morgan fingerprint density at radius 2 is 2.12 bits per heavy atom. The molecule has 0 spiro atoms. The van der Waals surface area contributed by atoms with Crippen molar-refractivity contribution in [2.45, 2.75) is 26.8 Å². The fourth-order valence-corrected chi connectivity index (χ4v) is 2.60. The molecule has 17 heavy (non-hydrogen) atoms. The van der Waals surface area contributed by atoms with Crippen molar-refractivity contribution in [1.29, 1.82) is 0 Å². The van der Waals surface area contributed by atoms with E-state index >= 15 is 0 Å². The Balaban J connectivity index is 2.77. The van der Waals surface area contributed by atoms with Gasteiger partial charge in [0.05, 0.1) is 5.69 Å². The molecule has 1 N–H and O–H groups in total. The third kappa shape index (κ3) is 4.32. The molecular formula is C14H23BrN2. The number of nitrogens with one attached hydrogen (secondary N) is 1. The van der Waals surface area contributed by atoms with Crippen LogP contribution < -0.4 is 10.2 Å². The van der Waals surface area contributed by atoms with Gasteiger partial charge >= 0.3 is 0 Å². The normalized spacial score (nSPS) is 12.5. The van der Waals surface area contributed by atoms with E-state index in [-0.39, 0.29) is 0 Å². The van der Waals surface area contributed by atoms with Gasteiger partial charge in [0, 0.05) is 24.6 Å². The molecule has 0 saturated heterocycles. The molecule has 1 atom stereocenters. The van der Waals surface area contributed by atoms with Gasteiger partial charge in [-0.05, 0) is 46.6 Å². The minimum absolute atomic E-state index is 0.726. The Bertz CT molecular complexity index is 352. The van der Waals surface area contributed by atoms with Crippen LogP contribution in [0.1, 0.15) is 25.8 Å². The average molecular weight is 299 g/mol. The summed E-state index contributed by atoms with van der Waals surface area (Å²) >= 11 is 3.66. The molecule has 0 amide bonds. The first-order valence-corrected chi connectivity index (χ1v) is 7.02. The van der Waals surface area contributed by atoms with Crippen LogP contribution in [0, 0.1) is 5.92 Å². The summed E-state index contributed by atoms with van der Waals surface area (Å²) in [4.78, 5) is 2.32. The highest BCUT2D eigenvalue weighted by atomic mass is 79.9. The van der Waals surface area contributed by atoms with E-state index < -0.39 is 0 Å². The molecular weight excluding hydrogens is 276 g/mol. The summed E-state index contributed by atoms with van der Waals surface area (Å²) < 4.78 is 1.18. The summed E-state index contributed by atoms with van der Waals surface area (Å²) in [5.74, 6) is 0.726. The highest BCUT2D eigenvalue weighted by Gasteiger charge is 2.09. The van der Waals surface area contributed by atoms with Crippen LogP contribution in [0.2, 0.25) is 0 Å². The van der Waals surface area contributed by atoms with Crippen molar-refractivity contribution in [2.75, 3.05) is 25.5 Å². The van der Waals surface area contributed by atoms with Gasteiger partial charge in [0.2, 0.25) is 0 Å². The molecule has 0 saturated carbocycles. The summed E-state index contributed by atoms with van der Waals surface area (Å²) in [6.45, 7) is 6.54. The monoisotopic (exact) mass is 298 g/mol. The zero-order chi connectivity index (χ0) is 12.8. The van der Waals surface area contributed by atoms with Gasteiger partial charge in [-0.25, -0.2) is 0 Å². The van der Waals surface area contributed by atoms with E-state index in [9.17, 15) is 0 Å². The zero-order valence-corrected chi connectivity index (χ0v) is 12.8. The second kappa shape index (κ2) is 7.02. The Kier molecular flexibility index (Phi) is 6.00. The minimum atomic E-state index is 0.726. The standard InChI is InChI=1S/C14H23BrN2/c1-5-11(2)10-17(4)14-7-6-12(9-16-3)8-13(14)15/h6-8,11,16H,5,9-10H2,1-4H3. The molecule has 3 heteroatoms. The van der Waals surface area contributed by atoms with Crippen LogP contribution in [0.5, 0.6) is 0 Å². The number of hydrogen-bond acceptors (Lipinski definition) is 2. The van der Waals surface area contributed by atoms with E-state index in [2.05, 4.69) is 65.2 Å². The molecule has 0 heterocycles. The number of halogens is 1. The van der Waals surface area contributed by atoms with Gasteiger partial charge in [0.1, 0.15) is 0 Å². The predicted molar refractivity (Wildman–Crippen MR) is 79.6 cm³/mol. The minimum Gasteiger partial charge on any atom is -0.373 e. The maximum Gasteiger partial charge on any atom is 0.0508 e. The van der Waals surface area contributed by atoms with Gasteiger partial charge in [-0.1, -0.05) is 26.3 Å². The molecule has 1 aromatic carbocycles. The van der Waals surface area contributed by atoms with Crippen molar-refractivity contribution in [3.63, 3.8) is 0 Å². The third-order valence-electron chi connectivity index (χ3n) is 3.09. The maximum atomic E-state index is 3.66. The van der Waals surface area contributed by atoms with E-state index in [0.29, 0.717) is 0 Å². The Hall–Kier alpha value is -0.540. The van der Waals surface area contributed by atoms with Crippen molar-refractivity contribution >= 4 is 21.6 Å². The van der Waals surface area contributed by atoms with Crippen LogP contribution in [0.3, 0.4) is 0 Å². The van der Waals surface area contributed by atoms with Crippen LogP contribution >= 0.6 is 15.9 Å². The molecule has 1 rings (SSSR count). The zero-order valence-electron chi connectivity index (χ0n) is 11.3. The SMILES string of the molecule is CCC(C)CN(C)c1ccc(CNC)cc1Br. The lowest BCUT2D eigenvalue weighted by atomic mass is 10.1. The van der Waals surface area contributed by atoms with E-state index in [1.54, 1.807) is 0 Å².